The average molecular weight is 226 g/mol. The van der Waals surface area contributed by atoms with Crippen LogP contribution in [-0.2, 0) is 6.54 Å². The quantitative estimate of drug-likeness (QED) is 0.759. The van der Waals surface area contributed by atoms with E-state index < -0.39 is 0 Å². The summed E-state index contributed by atoms with van der Waals surface area (Å²) in [4.78, 5) is 15.8. The molecule has 0 atom stereocenters. The zero-order chi connectivity index (χ0) is 11.3. The molecule has 1 heterocycles. The number of nitrogens with two attached hydrogens (primary N) is 1. The normalized spacial score (nSPS) is 10.9. The topological polar surface area (TPSA) is 56.0 Å². The molecule has 0 amide bonds. The Bertz CT molecular complexity index is 320. The van der Waals surface area contributed by atoms with Crippen LogP contribution in [0.3, 0.4) is 0 Å². The minimum Gasteiger partial charge on any atom is -0.325 e. The summed E-state index contributed by atoms with van der Waals surface area (Å²) in [6.07, 6.45) is 2.65. The van der Waals surface area contributed by atoms with Gasteiger partial charge in [0.25, 0.3) is 0 Å². The zero-order valence-corrected chi connectivity index (χ0v) is 10.1. The van der Waals surface area contributed by atoms with Crippen LogP contribution in [0.2, 0.25) is 0 Å². The molecule has 0 saturated heterocycles. The summed E-state index contributed by atoms with van der Waals surface area (Å²) in [5.41, 5.74) is 6.03. The van der Waals surface area contributed by atoms with Gasteiger partial charge in [-0.2, -0.15) is 0 Å². The second-order valence-electron chi connectivity index (χ2n) is 4.04. The molecule has 1 rings (SSSR count). The van der Waals surface area contributed by atoms with Crippen LogP contribution >= 0.6 is 11.3 Å². The van der Waals surface area contributed by atoms with Gasteiger partial charge in [0, 0.05) is 18.3 Å². The molecular weight excluding hydrogens is 208 g/mol. The number of ketones is 1. The molecule has 4 heteroatoms. The van der Waals surface area contributed by atoms with Crippen LogP contribution in [-0.4, -0.2) is 10.8 Å². The van der Waals surface area contributed by atoms with Crippen molar-refractivity contribution < 1.29 is 4.79 Å². The van der Waals surface area contributed by atoms with Crippen LogP contribution in [0.4, 0.5) is 0 Å². The molecule has 0 aliphatic carbocycles. The van der Waals surface area contributed by atoms with Gasteiger partial charge in [-0.25, -0.2) is 4.98 Å². The predicted octanol–water partition coefficient (Wildman–Crippen LogP) is 2.61. The molecule has 0 aliphatic rings. The third-order valence-electron chi connectivity index (χ3n) is 2.20. The van der Waals surface area contributed by atoms with E-state index in [1.165, 1.54) is 11.3 Å². The van der Waals surface area contributed by atoms with Crippen molar-refractivity contribution in [1.82, 2.24) is 4.98 Å². The Morgan fingerprint density at radius 1 is 1.60 bits per heavy atom. The molecular formula is C11H18N2OS. The molecule has 0 unspecified atom stereocenters. The van der Waals surface area contributed by atoms with Gasteiger partial charge in [-0.15, -0.1) is 11.3 Å². The number of nitrogens with zero attached hydrogens (tertiary/aromatic N) is 1. The smallest absolute Gasteiger partial charge is 0.182 e. The first-order valence-electron chi connectivity index (χ1n) is 5.31. The van der Waals surface area contributed by atoms with Crippen LogP contribution in [0, 0.1) is 5.92 Å². The second-order valence-corrected chi connectivity index (χ2v) is 4.98. The Morgan fingerprint density at radius 2 is 2.33 bits per heavy atom. The van der Waals surface area contributed by atoms with Crippen LogP contribution in [0.15, 0.2) is 5.38 Å². The van der Waals surface area contributed by atoms with E-state index in [-0.39, 0.29) is 5.78 Å². The first-order chi connectivity index (χ1) is 7.13. The number of carbonyl (C=O) groups excluding carboxylic acids is 1. The third-order valence-corrected chi connectivity index (χ3v) is 3.07. The Hall–Kier alpha value is -0.740. The molecule has 15 heavy (non-hydrogen) atoms. The van der Waals surface area contributed by atoms with Gasteiger partial charge in [-0.1, -0.05) is 20.3 Å². The Labute approximate surface area is 94.7 Å². The molecule has 1 aromatic rings. The van der Waals surface area contributed by atoms with Crippen molar-refractivity contribution in [3.63, 3.8) is 0 Å². The number of aromatic nitrogens is 1. The molecule has 0 spiro atoms. The van der Waals surface area contributed by atoms with Gasteiger partial charge in [-0.3, -0.25) is 4.79 Å². The molecule has 0 saturated carbocycles. The molecule has 0 bridgehead atoms. The van der Waals surface area contributed by atoms with E-state index in [9.17, 15) is 4.79 Å². The van der Waals surface area contributed by atoms with Gasteiger partial charge < -0.3 is 5.73 Å². The minimum absolute atomic E-state index is 0.145. The largest absolute Gasteiger partial charge is 0.325 e. The number of hydrogen-bond acceptors (Lipinski definition) is 4. The van der Waals surface area contributed by atoms with E-state index in [1.807, 2.05) is 0 Å². The van der Waals surface area contributed by atoms with Crippen molar-refractivity contribution >= 4 is 17.1 Å². The highest BCUT2D eigenvalue weighted by Crippen LogP contribution is 2.13. The van der Waals surface area contributed by atoms with Gasteiger partial charge in [0.15, 0.2) is 5.78 Å². The number of carbonyl (C=O) groups is 1. The fraction of sp³-hybridized carbons (Fsp3) is 0.636. The maximum Gasteiger partial charge on any atom is 0.182 e. The molecule has 2 N–H and O–H groups in total. The summed E-state index contributed by atoms with van der Waals surface area (Å²) in [5.74, 6) is 0.805. The molecule has 0 aromatic carbocycles. The Kier molecular flexibility index (Phi) is 4.91. The number of Topliss-reactive ketones (excluding diaryl/α,β-unsaturated/α-hetero) is 1. The molecule has 1 aromatic heterocycles. The molecule has 0 radical (unpaired) electrons. The summed E-state index contributed by atoms with van der Waals surface area (Å²) >= 11 is 1.46. The maximum absolute atomic E-state index is 11.7. The number of rotatable bonds is 6. The van der Waals surface area contributed by atoms with Gasteiger partial charge in [0.2, 0.25) is 0 Å². The van der Waals surface area contributed by atoms with E-state index in [1.54, 1.807) is 5.38 Å². The van der Waals surface area contributed by atoms with Gasteiger partial charge >= 0.3 is 0 Å². The molecule has 0 fully saturated rings. The number of hydrogen-bond donors (Lipinski definition) is 1. The van der Waals surface area contributed by atoms with Crippen molar-refractivity contribution in [3.05, 3.63) is 16.1 Å². The first-order valence-corrected chi connectivity index (χ1v) is 6.19. The molecule has 84 valence electrons. The Morgan fingerprint density at radius 3 is 2.87 bits per heavy atom. The fourth-order valence-electron chi connectivity index (χ4n) is 1.33. The zero-order valence-electron chi connectivity index (χ0n) is 9.32. The highest BCUT2D eigenvalue weighted by atomic mass is 32.1. The summed E-state index contributed by atoms with van der Waals surface area (Å²) < 4.78 is 0. The monoisotopic (exact) mass is 226 g/mol. The standard InChI is InChI=1S/C11H18N2OS/c1-8(2)4-3-5-10(14)9-7-15-11(6-12)13-9/h7-8H,3-6,12H2,1-2H3. The third kappa shape index (κ3) is 4.10. The lowest BCUT2D eigenvalue weighted by Crippen LogP contribution is -2.02. The van der Waals surface area contributed by atoms with Gasteiger partial charge in [0.05, 0.1) is 0 Å². The van der Waals surface area contributed by atoms with E-state index in [0.717, 1.165) is 17.8 Å². The summed E-state index contributed by atoms with van der Waals surface area (Å²) in [5, 5.41) is 2.64. The van der Waals surface area contributed by atoms with Gasteiger partial charge in [-0.05, 0) is 12.3 Å². The van der Waals surface area contributed by atoms with Crippen molar-refractivity contribution in [2.45, 2.75) is 39.7 Å². The summed E-state index contributed by atoms with van der Waals surface area (Å²) in [6, 6.07) is 0. The van der Waals surface area contributed by atoms with Gasteiger partial charge in [0.1, 0.15) is 10.7 Å². The second kappa shape index (κ2) is 5.98. The van der Waals surface area contributed by atoms with Crippen LogP contribution in [0.25, 0.3) is 0 Å². The van der Waals surface area contributed by atoms with Crippen molar-refractivity contribution in [3.8, 4) is 0 Å². The van der Waals surface area contributed by atoms with E-state index in [2.05, 4.69) is 18.8 Å². The average Bonchev–Trinajstić information content (AvgIpc) is 2.65. The molecule has 3 nitrogen and oxygen atoms in total. The van der Waals surface area contributed by atoms with Crippen molar-refractivity contribution in [1.29, 1.82) is 0 Å². The summed E-state index contributed by atoms with van der Waals surface area (Å²) in [7, 11) is 0. The lowest BCUT2D eigenvalue weighted by atomic mass is 10.0. The SMILES string of the molecule is CC(C)CCCC(=O)c1csc(CN)n1. The van der Waals surface area contributed by atoms with E-state index in [0.29, 0.717) is 24.6 Å². The minimum atomic E-state index is 0.145. The first kappa shape index (κ1) is 12.3. The number of thiazole rings is 1. The maximum atomic E-state index is 11.7. The predicted molar refractivity (Wildman–Crippen MR) is 63.0 cm³/mol. The highest BCUT2D eigenvalue weighted by molar-refractivity contribution is 7.09. The lowest BCUT2D eigenvalue weighted by Gasteiger charge is -2.02. The summed E-state index contributed by atoms with van der Waals surface area (Å²) in [6.45, 7) is 4.75. The lowest BCUT2D eigenvalue weighted by molar-refractivity contribution is 0.0974. The molecule has 0 aliphatic heterocycles. The van der Waals surface area contributed by atoms with Crippen molar-refractivity contribution in [2.75, 3.05) is 0 Å². The van der Waals surface area contributed by atoms with Crippen LogP contribution in [0.5, 0.6) is 0 Å². The van der Waals surface area contributed by atoms with Crippen LogP contribution in [0.1, 0.15) is 48.6 Å². The Balaban J connectivity index is 2.40. The van der Waals surface area contributed by atoms with Crippen LogP contribution < -0.4 is 5.73 Å². The van der Waals surface area contributed by atoms with E-state index >= 15 is 0 Å². The van der Waals surface area contributed by atoms with Crippen molar-refractivity contribution in [2.24, 2.45) is 11.7 Å². The van der Waals surface area contributed by atoms with E-state index in [4.69, 9.17) is 5.73 Å². The fourth-order valence-corrected chi connectivity index (χ4v) is 2.01. The highest BCUT2D eigenvalue weighted by Gasteiger charge is 2.09.